The fraction of sp³-hybridized carbons (Fsp3) is 0.263. The van der Waals surface area contributed by atoms with E-state index in [4.69, 9.17) is 4.42 Å². The van der Waals surface area contributed by atoms with Gasteiger partial charge < -0.3 is 19.8 Å². The Kier molecular flexibility index (Phi) is 3.80. The lowest BCUT2D eigenvalue weighted by atomic mass is 9.94. The second-order valence-electron chi connectivity index (χ2n) is 6.32. The molecule has 1 amide bonds. The van der Waals surface area contributed by atoms with Crippen LogP contribution in [0.1, 0.15) is 46.3 Å². The molecule has 6 heteroatoms. The molecule has 1 atom stereocenters. The van der Waals surface area contributed by atoms with E-state index in [1.54, 1.807) is 6.26 Å². The number of carboxylic acids is 1. The Hall–Kier alpha value is -3.02. The number of para-hydroxylation sites is 1. The number of hydrogen-bond donors (Lipinski definition) is 3. The third-order valence-corrected chi connectivity index (χ3v) is 4.71. The Labute approximate surface area is 143 Å². The van der Waals surface area contributed by atoms with Crippen molar-refractivity contribution in [2.75, 3.05) is 0 Å². The lowest BCUT2D eigenvalue weighted by molar-refractivity contribution is -0.136. The standard InChI is InChI=1S/C19H18N2O4/c22-16(23)10-13-12-5-1-2-6-14(12)20-17(13)19(24)21-15-7-3-4-11-8-9-25-18(11)15/h1-2,5-6,8-9,15,20H,3-4,7,10H2,(H,21,24)(H,22,23). The molecule has 6 nitrogen and oxygen atoms in total. The molecule has 3 aromatic rings. The maximum Gasteiger partial charge on any atom is 0.307 e. The third kappa shape index (κ3) is 2.80. The predicted octanol–water partition coefficient (Wildman–Crippen LogP) is 3.20. The number of aliphatic carboxylic acids is 1. The van der Waals surface area contributed by atoms with Gasteiger partial charge in [-0.2, -0.15) is 0 Å². The molecule has 0 saturated heterocycles. The number of aryl methyl sites for hydroxylation is 1. The van der Waals surface area contributed by atoms with Crippen LogP contribution in [0.2, 0.25) is 0 Å². The van der Waals surface area contributed by atoms with Crippen molar-refractivity contribution in [2.24, 2.45) is 0 Å². The molecule has 0 fully saturated rings. The summed E-state index contributed by atoms with van der Waals surface area (Å²) >= 11 is 0. The highest BCUT2D eigenvalue weighted by atomic mass is 16.4. The van der Waals surface area contributed by atoms with Crippen LogP contribution in [0.5, 0.6) is 0 Å². The Bertz CT molecular complexity index is 953. The molecular formula is C19H18N2O4. The summed E-state index contributed by atoms with van der Waals surface area (Å²) in [5, 5.41) is 13.0. The van der Waals surface area contributed by atoms with Crippen LogP contribution in [-0.2, 0) is 17.6 Å². The van der Waals surface area contributed by atoms with E-state index in [-0.39, 0.29) is 18.4 Å². The highest BCUT2D eigenvalue weighted by Crippen LogP contribution is 2.31. The van der Waals surface area contributed by atoms with Gasteiger partial charge in [-0.3, -0.25) is 9.59 Å². The van der Waals surface area contributed by atoms with E-state index in [0.717, 1.165) is 41.5 Å². The molecule has 1 aliphatic carbocycles. The normalized spacial score (nSPS) is 16.6. The van der Waals surface area contributed by atoms with Crippen molar-refractivity contribution < 1.29 is 19.1 Å². The van der Waals surface area contributed by atoms with Crippen molar-refractivity contribution in [1.29, 1.82) is 0 Å². The summed E-state index contributed by atoms with van der Waals surface area (Å²) in [6.45, 7) is 0. The largest absolute Gasteiger partial charge is 0.481 e. The lowest BCUT2D eigenvalue weighted by Gasteiger charge is -2.22. The average Bonchev–Trinajstić information content (AvgIpc) is 3.20. The molecule has 2 heterocycles. The van der Waals surface area contributed by atoms with Gasteiger partial charge in [-0.25, -0.2) is 0 Å². The van der Waals surface area contributed by atoms with Crippen LogP contribution in [0.25, 0.3) is 10.9 Å². The summed E-state index contributed by atoms with van der Waals surface area (Å²) in [4.78, 5) is 27.2. The number of amides is 1. The molecule has 1 unspecified atom stereocenters. The Morgan fingerprint density at radius 1 is 1.28 bits per heavy atom. The van der Waals surface area contributed by atoms with Crippen molar-refractivity contribution in [2.45, 2.75) is 31.7 Å². The Balaban J connectivity index is 1.68. The van der Waals surface area contributed by atoms with Gasteiger partial charge >= 0.3 is 5.97 Å². The zero-order valence-corrected chi connectivity index (χ0v) is 13.5. The van der Waals surface area contributed by atoms with Crippen molar-refractivity contribution >= 4 is 22.8 Å². The van der Waals surface area contributed by atoms with Gasteiger partial charge in [-0.05, 0) is 37.0 Å². The van der Waals surface area contributed by atoms with Crippen LogP contribution in [0.15, 0.2) is 41.0 Å². The number of carboxylic acid groups (broad SMARTS) is 1. The maximum absolute atomic E-state index is 12.8. The first-order valence-corrected chi connectivity index (χ1v) is 8.32. The van der Waals surface area contributed by atoms with E-state index < -0.39 is 5.97 Å². The van der Waals surface area contributed by atoms with Gasteiger partial charge in [0.15, 0.2) is 0 Å². The quantitative estimate of drug-likeness (QED) is 0.681. The molecule has 1 aromatic carbocycles. The molecule has 0 saturated carbocycles. The summed E-state index contributed by atoms with van der Waals surface area (Å²) in [5.74, 6) is -0.470. The molecule has 0 aliphatic heterocycles. The summed E-state index contributed by atoms with van der Waals surface area (Å²) < 4.78 is 5.54. The third-order valence-electron chi connectivity index (χ3n) is 4.71. The van der Waals surface area contributed by atoms with Gasteiger partial charge in [0.25, 0.3) is 5.91 Å². The first-order valence-electron chi connectivity index (χ1n) is 8.32. The van der Waals surface area contributed by atoms with E-state index in [1.165, 1.54) is 0 Å². The summed E-state index contributed by atoms with van der Waals surface area (Å²) in [6, 6.07) is 9.09. The first-order chi connectivity index (χ1) is 12.1. The summed E-state index contributed by atoms with van der Waals surface area (Å²) in [7, 11) is 0. The molecular weight excluding hydrogens is 320 g/mol. The number of carbonyl (C=O) groups excluding carboxylic acids is 1. The number of aromatic amines is 1. The van der Waals surface area contributed by atoms with E-state index in [9.17, 15) is 14.7 Å². The number of fused-ring (bicyclic) bond motifs is 2. The van der Waals surface area contributed by atoms with Crippen LogP contribution >= 0.6 is 0 Å². The van der Waals surface area contributed by atoms with Crippen LogP contribution in [0.3, 0.4) is 0 Å². The molecule has 0 spiro atoms. The summed E-state index contributed by atoms with van der Waals surface area (Å²) in [5.41, 5.74) is 2.70. The molecule has 4 rings (SSSR count). The fourth-order valence-electron chi connectivity index (χ4n) is 3.58. The molecule has 0 radical (unpaired) electrons. The van der Waals surface area contributed by atoms with Crippen molar-refractivity contribution in [3.05, 3.63) is 59.2 Å². The minimum Gasteiger partial charge on any atom is -0.481 e. The van der Waals surface area contributed by atoms with E-state index in [1.807, 2.05) is 30.3 Å². The topological polar surface area (TPSA) is 95.3 Å². The number of rotatable bonds is 4. The molecule has 128 valence electrons. The number of furan rings is 1. The Morgan fingerprint density at radius 2 is 2.12 bits per heavy atom. The lowest BCUT2D eigenvalue weighted by Crippen LogP contribution is -2.31. The highest BCUT2D eigenvalue weighted by Gasteiger charge is 2.27. The van der Waals surface area contributed by atoms with Crippen LogP contribution in [-0.4, -0.2) is 22.0 Å². The number of hydrogen-bond acceptors (Lipinski definition) is 3. The van der Waals surface area contributed by atoms with E-state index in [2.05, 4.69) is 10.3 Å². The molecule has 0 bridgehead atoms. The Morgan fingerprint density at radius 3 is 2.96 bits per heavy atom. The van der Waals surface area contributed by atoms with Gasteiger partial charge in [0.2, 0.25) is 0 Å². The van der Waals surface area contributed by atoms with Crippen LogP contribution < -0.4 is 5.32 Å². The molecule has 1 aliphatic rings. The van der Waals surface area contributed by atoms with Crippen molar-refractivity contribution in [1.82, 2.24) is 10.3 Å². The van der Waals surface area contributed by atoms with Gasteiger partial charge in [-0.15, -0.1) is 0 Å². The van der Waals surface area contributed by atoms with Crippen LogP contribution in [0.4, 0.5) is 0 Å². The zero-order chi connectivity index (χ0) is 17.4. The van der Waals surface area contributed by atoms with Gasteiger partial charge in [0, 0.05) is 16.5 Å². The number of benzene rings is 1. The number of H-pyrrole nitrogens is 1. The SMILES string of the molecule is O=C(O)Cc1c(C(=O)NC2CCCc3ccoc32)[nH]c2ccccc12. The minimum atomic E-state index is -0.968. The monoisotopic (exact) mass is 338 g/mol. The second-order valence-corrected chi connectivity index (χ2v) is 6.32. The molecule has 2 aromatic heterocycles. The van der Waals surface area contributed by atoms with Crippen molar-refractivity contribution in [3.8, 4) is 0 Å². The number of nitrogens with one attached hydrogen (secondary N) is 2. The maximum atomic E-state index is 12.8. The van der Waals surface area contributed by atoms with Crippen LogP contribution in [0, 0.1) is 0 Å². The van der Waals surface area contributed by atoms with E-state index >= 15 is 0 Å². The highest BCUT2D eigenvalue weighted by molar-refractivity contribution is 6.02. The minimum absolute atomic E-state index is 0.185. The molecule has 25 heavy (non-hydrogen) atoms. The molecule has 3 N–H and O–H groups in total. The summed E-state index contributed by atoms with van der Waals surface area (Å²) in [6.07, 6.45) is 4.18. The van der Waals surface area contributed by atoms with Gasteiger partial charge in [-0.1, -0.05) is 18.2 Å². The fourth-order valence-corrected chi connectivity index (χ4v) is 3.58. The zero-order valence-electron chi connectivity index (χ0n) is 13.5. The van der Waals surface area contributed by atoms with Crippen molar-refractivity contribution in [3.63, 3.8) is 0 Å². The number of carbonyl (C=O) groups is 2. The smallest absolute Gasteiger partial charge is 0.307 e. The van der Waals surface area contributed by atoms with E-state index in [0.29, 0.717) is 11.3 Å². The average molecular weight is 338 g/mol. The first kappa shape index (κ1) is 15.5. The van der Waals surface area contributed by atoms with Gasteiger partial charge in [0.05, 0.1) is 18.7 Å². The predicted molar refractivity (Wildman–Crippen MR) is 91.5 cm³/mol. The van der Waals surface area contributed by atoms with Gasteiger partial charge in [0.1, 0.15) is 11.5 Å². The number of aromatic nitrogens is 1. The second kappa shape index (κ2) is 6.12.